The maximum absolute atomic E-state index is 5.73. The van der Waals surface area contributed by atoms with E-state index in [1.54, 1.807) is 11.0 Å². The lowest BCUT2D eigenvalue weighted by atomic mass is 9.82. The standard InChI is InChI=1S/C10H18N4O/c1-11-5-8-3-9(4-8)15-6-10-12-7-13-14(10)2/h7-9,11H,3-6H2,1-2H3. The van der Waals surface area contributed by atoms with Gasteiger partial charge in [0.15, 0.2) is 5.82 Å². The van der Waals surface area contributed by atoms with Crippen LogP contribution < -0.4 is 5.32 Å². The molecule has 0 aliphatic heterocycles. The molecule has 1 aliphatic carbocycles. The van der Waals surface area contributed by atoms with Crippen molar-refractivity contribution >= 4 is 0 Å². The maximum atomic E-state index is 5.73. The van der Waals surface area contributed by atoms with Crippen LogP contribution in [0.4, 0.5) is 0 Å². The lowest BCUT2D eigenvalue weighted by Crippen LogP contribution is -2.36. The highest BCUT2D eigenvalue weighted by Crippen LogP contribution is 2.29. The SMILES string of the molecule is CNCC1CC(OCc2ncnn2C)C1. The molecule has 1 saturated carbocycles. The Bertz CT molecular complexity index is 306. The second-order valence-corrected chi connectivity index (χ2v) is 4.13. The fourth-order valence-corrected chi connectivity index (χ4v) is 1.91. The smallest absolute Gasteiger partial charge is 0.152 e. The number of rotatable bonds is 5. The molecule has 0 atom stereocenters. The first-order valence-corrected chi connectivity index (χ1v) is 5.38. The summed E-state index contributed by atoms with van der Waals surface area (Å²) in [7, 11) is 3.88. The summed E-state index contributed by atoms with van der Waals surface area (Å²) in [5.41, 5.74) is 0. The summed E-state index contributed by atoms with van der Waals surface area (Å²) in [5, 5.41) is 7.19. The first kappa shape index (κ1) is 10.6. The summed E-state index contributed by atoms with van der Waals surface area (Å²) < 4.78 is 7.48. The normalized spacial score (nSPS) is 25.2. The van der Waals surface area contributed by atoms with Crippen LogP contribution in [-0.2, 0) is 18.4 Å². The Kier molecular flexibility index (Phi) is 3.33. The maximum Gasteiger partial charge on any atom is 0.152 e. The van der Waals surface area contributed by atoms with E-state index in [4.69, 9.17) is 4.74 Å². The first-order valence-electron chi connectivity index (χ1n) is 5.38. The molecular weight excluding hydrogens is 192 g/mol. The molecule has 1 aromatic heterocycles. The molecule has 2 rings (SSSR count). The van der Waals surface area contributed by atoms with Gasteiger partial charge in [-0.25, -0.2) is 4.98 Å². The molecule has 1 aliphatic rings. The number of nitrogens with zero attached hydrogens (tertiary/aromatic N) is 3. The van der Waals surface area contributed by atoms with Gasteiger partial charge in [0, 0.05) is 7.05 Å². The van der Waals surface area contributed by atoms with Crippen LogP contribution >= 0.6 is 0 Å². The van der Waals surface area contributed by atoms with E-state index in [-0.39, 0.29) is 0 Å². The molecule has 1 aromatic rings. The highest BCUT2D eigenvalue weighted by molar-refractivity contribution is 4.84. The molecule has 5 nitrogen and oxygen atoms in total. The Labute approximate surface area is 89.8 Å². The molecule has 5 heteroatoms. The van der Waals surface area contributed by atoms with Crippen LogP contribution in [0.25, 0.3) is 0 Å². The zero-order valence-electron chi connectivity index (χ0n) is 9.31. The van der Waals surface area contributed by atoms with E-state index < -0.39 is 0 Å². The minimum Gasteiger partial charge on any atom is -0.370 e. The third kappa shape index (κ3) is 2.54. The van der Waals surface area contributed by atoms with Crippen molar-refractivity contribution in [3.63, 3.8) is 0 Å². The molecule has 0 unspecified atom stereocenters. The van der Waals surface area contributed by atoms with E-state index in [1.165, 1.54) is 12.8 Å². The lowest BCUT2D eigenvalue weighted by Gasteiger charge is -2.34. The predicted octanol–water partition coefficient (Wildman–Crippen LogP) is 0.330. The molecule has 84 valence electrons. The molecule has 1 fully saturated rings. The van der Waals surface area contributed by atoms with E-state index in [9.17, 15) is 0 Å². The molecule has 0 bridgehead atoms. The average molecular weight is 210 g/mol. The van der Waals surface area contributed by atoms with Crippen LogP contribution in [0.5, 0.6) is 0 Å². The van der Waals surface area contributed by atoms with E-state index in [1.807, 2.05) is 14.1 Å². The molecule has 0 aromatic carbocycles. The van der Waals surface area contributed by atoms with Crippen LogP contribution in [0, 0.1) is 5.92 Å². The minimum absolute atomic E-state index is 0.417. The molecule has 0 saturated heterocycles. The van der Waals surface area contributed by atoms with Gasteiger partial charge in [-0.15, -0.1) is 0 Å². The predicted molar refractivity (Wildman–Crippen MR) is 56.2 cm³/mol. The van der Waals surface area contributed by atoms with Crippen molar-refractivity contribution in [2.45, 2.75) is 25.6 Å². The zero-order valence-corrected chi connectivity index (χ0v) is 9.31. The van der Waals surface area contributed by atoms with Gasteiger partial charge in [-0.05, 0) is 32.4 Å². The van der Waals surface area contributed by atoms with Gasteiger partial charge < -0.3 is 10.1 Å². The van der Waals surface area contributed by atoms with Crippen molar-refractivity contribution in [1.29, 1.82) is 0 Å². The summed E-state index contributed by atoms with van der Waals surface area (Å²) >= 11 is 0. The third-order valence-electron chi connectivity index (χ3n) is 2.94. The summed E-state index contributed by atoms with van der Waals surface area (Å²) in [4.78, 5) is 4.12. The summed E-state index contributed by atoms with van der Waals surface area (Å²) in [6, 6.07) is 0. The molecule has 15 heavy (non-hydrogen) atoms. The van der Waals surface area contributed by atoms with Gasteiger partial charge >= 0.3 is 0 Å². The van der Waals surface area contributed by atoms with Crippen molar-refractivity contribution in [3.8, 4) is 0 Å². The van der Waals surface area contributed by atoms with Gasteiger partial charge in [0.25, 0.3) is 0 Å². The Hall–Kier alpha value is -0.940. The van der Waals surface area contributed by atoms with E-state index in [0.29, 0.717) is 12.7 Å². The van der Waals surface area contributed by atoms with Crippen LogP contribution in [-0.4, -0.2) is 34.5 Å². The number of nitrogens with one attached hydrogen (secondary N) is 1. The first-order chi connectivity index (χ1) is 7.29. The second-order valence-electron chi connectivity index (χ2n) is 4.13. The fourth-order valence-electron chi connectivity index (χ4n) is 1.91. The fraction of sp³-hybridized carbons (Fsp3) is 0.800. The average Bonchev–Trinajstić information content (AvgIpc) is 2.55. The van der Waals surface area contributed by atoms with E-state index >= 15 is 0 Å². The van der Waals surface area contributed by atoms with Gasteiger partial charge in [-0.3, -0.25) is 4.68 Å². The molecule has 1 heterocycles. The van der Waals surface area contributed by atoms with Crippen LogP contribution in [0.15, 0.2) is 6.33 Å². The van der Waals surface area contributed by atoms with Crippen molar-refractivity contribution < 1.29 is 4.74 Å². The monoisotopic (exact) mass is 210 g/mol. The number of hydrogen-bond donors (Lipinski definition) is 1. The Morgan fingerprint density at radius 2 is 2.40 bits per heavy atom. The third-order valence-corrected chi connectivity index (χ3v) is 2.94. The largest absolute Gasteiger partial charge is 0.370 e. The summed E-state index contributed by atoms with van der Waals surface area (Å²) in [6.07, 6.45) is 4.31. The quantitative estimate of drug-likeness (QED) is 0.761. The van der Waals surface area contributed by atoms with Gasteiger partial charge in [0.1, 0.15) is 12.9 Å². The molecule has 0 radical (unpaired) electrons. The van der Waals surface area contributed by atoms with Crippen molar-refractivity contribution in [1.82, 2.24) is 20.1 Å². The van der Waals surface area contributed by atoms with Crippen LogP contribution in [0.1, 0.15) is 18.7 Å². The molecule has 0 spiro atoms. The Morgan fingerprint density at radius 1 is 1.60 bits per heavy atom. The molecule has 1 N–H and O–H groups in total. The molecular formula is C10H18N4O. The van der Waals surface area contributed by atoms with Crippen molar-refractivity contribution in [2.24, 2.45) is 13.0 Å². The van der Waals surface area contributed by atoms with Crippen molar-refractivity contribution in [3.05, 3.63) is 12.2 Å². The number of aromatic nitrogens is 3. The second kappa shape index (κ2) is 4.72. The highest BCUT2D eigenvalue weighted by Gasteiger charge is 2.29. The van der Waals surface area contributed by atoms with E-state index in [0.717, 1.165) is 18.3 Å². The summed E-state index contributed by atoms with van der Waals surface area (Å²) in [5.74, 6) is 1.69. The van der Waals surface area contributed by atoms with Gasteiger partial charge in [0.2, 0.25) is 0 Å². The number of ether oxygens (including phenoxy) is 1. The van der Waals surface area contributed by atoms with Gasteiger partial charge in [-0.1, -0.05) is 0 Å². The van der Waals surface area contributed by atoms with Crippen molar-refractivity contribution in [2.75, 3.05) is 13.6 Å². The van der Waals surface area contributed by atoms with Gasteiger partial charge in [-0.2, -0.15) is 5.10 Å². The number of hydrogen-bond acceptors (Lipinski definition) is 4. The number of aryl methyl sites for hydroxylation is 1. The van der Waals surface area contributed by atoms with E-state index in [2.05, 4.69) is 15.4 Å². The lowest BCUT2D eigenvalue weighted by molar-refractivity contribution is -0.0424. The Balaban J connectivity index is 1.66. The van der Waals surface area contributed by atoms with Crippen LogP contribution in [0.3, 0.4) is 0 Å². The minimum atomic E-state index is 0.417. The molecule has 0 amide bonds. The topological polar surface area (TPSA) is 52.0 Å². The highest BCUT2D eigenvalue weighted by atomic mass is 16.5. The van der Waals surface area contributed by atoms with Gasteiger partial charge in [0.05, 0.1) is 6.10 Å². The Morgan fingerprint density at radius 3 is 3.00 bits per heavy atom. The van der Waals surface area contributed by atoms with Crippen LogP contribution in [0.2, 0.25) is 0 Å². The summed E-state index contributed by atoms with van der Waals surface area (Å²) in [6.45, 7) is 1.68. The zero-order chi connectivity index (χ0) is 10.7.